The molecule has 1 aliphatic heterocycles. The number of carboxylic acids is 1. The topological polar surface area (TPSA) is 66.8 Å². The van der Waals surface area contributed by atoms with E-state index in [0.29, 0.717) is 13.1 Å². The van der Waals surface area contributed by atoms with Gasteiger partial charge >= 0.3 is 5.97 Å². The van der Waals surface area contributed by atoms with Crippen LogP contribution in [0.1, 0.15) is 39.0 Å². The van der Waals surface area contributed by atoms with Crippen molar-refractivity contribution in [1.82, 2.24) is 4.90 Å². The summed E-state index contributed by atoms with van der Waals surface area (Å²) in [5, 5.41) is 8.57. The highest BCUT2D eigenvalue weighted by atomic mass is 16.5. The second-order valence-corrected chi connectivity index (χ2v) is 5.66. The maximum absolute atomic E-state index is 12.2. The molecule has 0 aromatic carbocycles. The van der Waals surface area contributed by atoms with Gasteiger partial charge in [-0.2, -0.15) is 0 Å². The van der Waals surface area contributed by atoms with Crippen LogP contribution in [-0.2, 0) is 14.3 Å². The van der Waals surface area contributed by atoms with E-state index >= 15 is 0 Å². The number of aliphatic carboxylic acids is 1. The molecule has 1 N–H and O–H groups in total. The molecule has 5 nitrogen and oxygen atoms in total. The molecular weight excluding hydrogens is 234 g/mol. The Kier molecular flexibility index (Phi) is 3.90. The Balaban J connectivity index is 1.77. The molecule has 0 atom stereocenters. The molecule has 1 aliphatic carbocycles. The van der Waals surface area contributed by atoms with Gasteiger partial charge in [0.1, 0.15) is 12.2 Å². The van der Waals surface area contributed by atoms with Crippen LogP contribution >= 0.6 is 0 Å². The van der Waals surface area contributed by atoms with E-state index in [1.165, 1.54) is 6.42 Å². The molecule has 0 radical (unpaired) electrons. The van der Waals surface area contributed by atoms with E-state index in [2.05, 4.69) is 0 Å². The number of hydrogen-bond donors (Lipinski definition) is 1. The van der Waals surface area contributed by atoms with Crippen LogP contribution in [0.3, 0.4) is 0 Å². The fourth-order valence-electron chi connectivity index (χ4n) is 2.85. The number of carbonyl (C=O) groups excluding carboxylic acids is 1. The van der Waals surface area contributed by atoms with Gasteiger partial charge in [-0.1, -0.05) is 19.3 Å². The molecular formula is C13H21NO4. The number of likely N-dealkylation sites (tertiary alicyclic amines) is 1. The van der Waals surface area contributed by atoms with Crippen molar-refractivity contribution in [3.05, 3.63) is 0 Å². The third-order valence-corrected chi connectivity index (χ3v) is 3.86. The van der Waals surface area contributed by atoms with Crippen molar-refractivity contribution in [3.8, 4) is 0 Å². The van der Waals surface area contributed by atoms with E-state index < -0.39 is 11.6 Å². The lowest BCUT2D eigenvalue weighted by Crippen LogP contribution is -2.64. The smallest absolute Gasteiger partial charge is 0.329 e. The zero-order valence-electron chi connectivity index (χ0n) is 10.9. The molecule has 0 spiro atoms. The first-order valence-electron chi connectivity index (χ1n) is 6.65. The summed E-state index contributed by atoms with van der Waals surface area (Å²) in [6.07, 6.45) is 5.54. The second kappa shape index (κ2) is 5.26. The maximum atomic E-state index is 12.2. The average Bonchev–Trinajstić information content (AvgIpc) is 2.33. The molecule has 2 aliphatic rings. The predicted octanol–water partition coefficient (Wildman–Crippen LogP) is 1.27. The molecule has 2 rings (SSSR count). The van der Waals surface area contributed by atoms with Gasteiger partial charge in [0.05, 0.1) is 13.1 Å². The Morgan fingerprint density at radius 1 is 1.28 bits per heavy atom. The lowest BCUT2D eigenvalue weighted by Gasteiger charge is -2.48. The van der Waals surface area contributed by atoms with Crippen molar-refractivity contribution in [2.75, 3.05) is 19.7 Å². The van der Waals surface area contributed by atoms with Crippen LogP contribution < -0.4 is 0 Å². The van der Waals surface area contributed by atoms with Crippen molar-refractivity contribution in [2.45, 2.75) is 44.6 Å². The van der Waals surface area contributed by atoms with Gasteiger partial charge in [-0.3, -0.25) is 4.79 Å². The van der Waals surface area contributed by atoms with Crippen molar-refractivity contribution < 1.29 is 19.4 Å². The SMILES string of the molecule is CC1(OCC(=O)O)CN(C(=O)C2CCCCC2)C1. The van der Waals surface area contributed by atoms with E-state index in [0.717, 1.165) is 25.7 Å². The van der Waals surface area contributed by atoms with Crippen LogP contribution in [-0.4, -0.2) is 47.2 Å². The summed E-state index contributed by atoms with van der Waals surface area (Å²) in [4.78, 5) is 24.4. The fraction of sp³-hybridized carbons (Fsp3) is 0.846. The zero-order chi connectivity index (χ0) is 13.2. The molecule has 18 heavy (non-hydrogen) atoms. The quantitative estimate of drug-likeness (QED) is 0.821. The van der Waals surface area contributed by atoms with Gasteiger partial charge in [-0.15, -0.1) is 0 Å². The highest BCUT2D eigenvalue weighted by molar-refractivity contribution is 5.80. The highest BCUT2D eigenvalue weighted by Gasteiger charge is 2.44. The first kappa shape index (κ1) is 13.3. The molecule has 0 bridgehead atoms. The van der Waals surface area contributed by atoms with Crippen molar-refractivity contribution in [2.24, 2.45) is 5.92 Å². The fourth-order valence-corrected chi connectivity index (χ4v) is 2.85. The Labute approximate surface area is 107 Å². The normalized spacial score (nSPS) is 23.5. The zero-order valence-corrected chi connectivity index (χ0v) is 10.9. The summed E-state index contributed by atoms with van der Waals surface area (Å²) in [5.41, 5.74) is -0.470. The molecule has 1 saturated heterocycles. The Morgan fingerprint density at radius 3 is 2.44 bits per heavy atom. The largest absolute Gasteiger partial charge is 0.480 e. The molecule has 1 heterocycles. The van der Waals surface area contributed by atoms with Gasteiger partial charge in [0.25, 0.3) is 0 Å². The van der Waals surface area contributed by atoms with Gasteiger partial charge in [-0.25, -0.2) is 4.79 Å². The minimum atomic E-state index is -0.965. The van der Waals surface area contributed by atoms with Gasteiger partial charge in [-0.05, 0) is 19.8 Å². The number of rotatable bonds is 4. The molecule has 1 saturated carbocycles. The minimum absolute atomic E-state index is 0.183. The van der Waals surface area contributed by atoms with Crippen LogP contribution in [0, 0.1) is 5.92 Å². The summed E-state index contributed by atoms with van der Waals surface area (Å²) >= 11 is 0. The number of amides is 1. The summed E-state index contributed by atoms with van der Waals surface area (Å²) in [6, 6.07) is 0. The van der Waals surface area contributed by atoms with E-state index in [1.807, 2.05) is 6.92 Å². The number of carboxylic acid groups (broad SMARTS) is 1. The molecule has 0 aromatic heterocycles. The van der Waals surface area contributed by atoms with Crippen LogP contribution in [0.4, 0.5) is 0 Å². The first-order chi connectivity index (χ1) is 8.50. The van der Waals surface area contributed by atoms with Crippen LogP contribution in [0.2, 0.25) is 0 Å². The minimum Gasteiger partial charge on any atom is -0.480 e. The number of ether oxygens (including phenoxy) is 1. The van der Waals surface area contributed by atoms with E-state index in [1.54, 1.807) is 4.90 Å². The monoisotopic (exact) mass is 255 g/mol. The number of carbonyl (C=O) groups is 2. The van der Waals surface area contributed by atoms with Crippen LogP contribution in [0.25, 0.3) is 0 Å². The lowest BCUT2D eigenvalue weighted by molar-refractivity contribution is -0.176. The van der Waals surface area contributed by atoms with Crippen molar-refractivity contribution in [1.29, 1.82) is 0 Å². The Morgan fingerprint density at radius 2 is 1.89 bits per heavy atom. The van der Waals surface area contributed by atoms with Crippen molar-refractivity contribution >= 4 is 11.9 Å². The van der Waals surface area contributed by atoms with E-state index in [-0.39, 0.29) is 18.4 Å². The Hall–Kier alpha value is -1.10. The summed E-state index contributed by atoms with van der Waals surface area (Å²) < 4.78 is 5.30. The molecule has 2 fully saturated rings. The molecule has 1 amide bonds. The van der Waals surface area contributed by atoms with Gasteiger partial charge in [0, 0.05) is 5.92 Å². The standard InChI is InChI=1S/C13H21NO4/c1-13(18-7-11(15)16)8-14(9-13)12(17)10-5-3-2-4-6-10/h10H,2-9H2,1H3,(H,15,16). The van der Waals surface area contributed by atoms with E-state index in [4.69, 9.17) is 9.84 Å². The van der Waals surface area contributed by atoms with Gasteiger partial charge in [0.2, 0.25) is 5.91 Å². The Bertz CT molecular complexity index is 330. The van der Waals surface area contributed by atoms with Gasteiger partial charge in [0.15, 0.2) is 0 Å². The summed E-state index contributed by atoms with van der Waals surface area (Å²) in [7, 11) is 0. The molecule has 102 valence electrons. The maximum Gasteiger partial charge on any atom is 0.329 e. The van der Waals surface area contributed by atoms with Crippen LogP contribution in [0.15, 0.2) is 0 Å². The molecule has 0 unspecified atom stereocenters. The van der Waals surface area contributed by atoms with Crippen molar-refractivity contribution in [3.63, 3.8) is 0 Å². The third kappa shape index (κ3) is 3.02. The predicted molar refractivity (Wildman–Crippen MR) is 65.1 cm³/mol. The highest BCUT2D eigenvalue weighted by Crippen LogP contribution is 2.31. The molecule has 0 aromatic rings. The second-order valence-electron chi connectivity index (χ2n) is 5.66. The first-order valence-corrected chi connectivity index (χ1v) is 6.65. The van der Waals surface area contributed by atoms with Gasteiger partial charge < -0.3 is 14.7 Å². The van der Waals surface area contributed by atoms with E-state index in [9.17, 15) is 9.59 Å². The summed E-state index contributed by atoms with van der Waals surface area (Å²) in [6.45, 7) is 2.62. The summed E-state index contributed by atoms with van der Waals surface area (Å²) in [5.74, 6) is -0.554. The molecule has 5 heteroatoms. The number of hydrogen-bond acceptors (Lipinski definition) is 3. The average molecular weight is 255 g/mol. The lowest BCUT2D eigenvalue weighted by atomic mass is 9.86. The number of nitrogens with zero attached hydrogens (tertiary/aromatic N) is 1. The third-order valence-electron chi connectivity index (χ3n) is 3.86. The van der Waals surface area contributed by atoms with Crippen LogP contribution in [0.5, 0.6) is 0 Å².